The molecule has 0 saturated heterocycles. The number of amides is 2. The molecule has 3 N–H and O–H groups in total. The van der Waals surface area contributed by atoms with Crippen molar-refractivity contribution in [2.45, 2.75) is 26.3 Å². The lowest BCUT2D eigenvalue weighted by Gasteiger charge is -2.14. The Bertz CT molecular complexity index is 755. The van der Waals surface area contributed by atoms with Crippen molar-refractivity contribution in [1.82, 2.24) is 5.32 Å². The summed E-state index contributed by atoms with van der Waals surface area (Å²) in [4.78, 5) is 23.9. The highest BCUT2D eigenvalue weighted by Gasteiger charge is 2.29. The normalized spacial score (nSPS) is 13.2. The van der Waals surface area contributed by atoms with Gasteiger partial charge in [-0.3, -0.25) is 9.59 Å². The molecule has 0 atom stereocenters. The zero-order chi connectivity index (χ0) is 17.6. The number of benzene rings is 2. The lowest BCUT2D eigenvalue weighted by molar-refractivity contribution is -0.119. The van der Waals surface area contributed by atoms with E-state index < -0.39 is 0 Å². The Balaban J connectivity index is 1.52. The fourth-order valence-corrected chi connectivity index (χ4v) is 2.58. The Labute approximate surface area is 147 Å². The van der Waals surface area contributed by atoms with Gasteiger partial charge < -0.3 is 16.0 Å². The molecule has 0 aromatic heterocycles. The minimum atomic E-state index is -0.0735. The van der Waals surface area contributed by atoms with Gasteiger partial charge in [-0.2, -0.15) is 0 Å². The third-order valence-corrected chi connectivity index (χ3v) is 4.31. The van der Waals surface area contributed by atoms with Crippen LogP contribution in [0.1, 0.15) is 24.0 Å². The molecule has 0 bridgehead atoms. The molecule has 0 spiro atoms. The molecule has 0 heterocycles. The van der Waals surface area contributed by atoms with E-state index in [1.165, 1.54) is 0 Å². The van der Waals surface area contributed by atoms with Crippen LogP contribution < -0.4 is 16.0 Å². The second kappa shape index (κ2) is 7.83. The molecule has 1 aliphatic rings. The molecule has 130 valence electrons. The van der Waals surface area contributed by atoms with E-state index in [4.69, 9.17) is 0 Å². The van der Waals surface area contributed by atoms with Crippen LogP contribution in [0.4, 0.5) is 11.4 Å². The molecule has 5 nitrogen and oxygen atoms in total. The fourth-order valence-electron chi connectivity index (χ4n) is 2.58. The molecule has 2 amide bonds. The first kappa shape index (κ1) is 17.0. The van der Waals surface area contributed by atoms with E-state index in [-0.39, 0.29) is 24.3 Å². The van der Waals surface area contributed by atoms with Gasteiger partial charge in [0.2, 0.25) is 11.8 Å². The summed E-state index contributed by atoms with van der Waals surface area (Å²) >= 11 is 0. The van der Waals surface area contributed by atoms with E-state index in [1.54, 1.807) is 0 Å². The summed E-state index contributed by atoms with van der Waals surface area (Å²) in [6, 6.07) is 15.5. The largest absolute Gasteiger partial charge is 0.376 e. The number of carbonyl (C=O) groups is 2. The monoisotopic (exact) mass is 337 g/mol. The molecule has 0 radical (unpaired) electrons. The summed E-state index contributed by atoms with van der Waals surface area (Å²) in [5.74, 6) is 0.177. The molecule has 2 aromatic rings. The van der Waals surface area contributed by atoms with E-state index in [9.17, 15) is 9.59 Å². The zero-order valence-corrected chi connectivity index (χ0v) is 14.3. The van der Waals surface area contributed by atoms with Crippen LogP contribution in [-0.2, 0) is 16.1 Å². The van der Waals surface area contributed by atoms with Crippen molar-refractivity contribution in [3.8, 4) is 0 Å². The van der Waals surface area contributed by atoms with Crippen molar-refractivity contribution in [3.63, 3.8) is 0 Å². The maximum atomic E-state index is 12.0. The fraction of sp³-hybridized carbons (Fsp3) is 0.300. The molecular formula is C20H23N3O2. The van der Waals surface area contributed by atoms with E-state index in [0.717, 1.165) is 35.3 Å². The van der Waals surface area contributed by atoms with Crippen molar-refractivity contribution in [1.29, 1.82) is 0 Å². The summed E-state index contributed by atoms with van der Waals surface area (Å²) in [5.41, 5.74) is 3.65. The Morgan fingerprint density at radius 3 is 2.44 bits per heavy atom. The molecule has 0 aliphatic heterocycles. The third-order valence-electron chi connectivity index (χ3n) is 4.31. The van der Waals surface area contributed by atoms with Gasteiger partial charge >= 0.3 is 0 Å². The van der Waals surface area contributed by atoms with E-state index in [0.29, 0.717) is 6.54 Å². The van der Waals surface area contributed by atoms with Crippen LogP contribution in [-0.4, -0.2) is 18.4 Å². The van der Waals surface area contributed by atoms with Gasteiger partial charge in [-0.1, -0.05) is 36.4 Å². The summed E-state index contributed by atoms with van der Waals surface area (Å²) in [6.45, 7) is 2.64. The molecule has 1 aliphatic carbocycles. The molecular weight excluding hydrogens is 314 g/mol. The Morgan fingerprint density at radius 2 is 1.72 bits per heavy atom. The first-order valence-electron chi connectivity index (χ1n) is 8.58. The number of nitrogens with one attached hydrogen (secondary N) is 3. The topological polar surface area (TPSA) is 70.2 Å². The van der Waals surface area contributed by atoms with Crippen molar-refractivity contribution in [3.05, 3.63) is 59.7 Å². The van der Waals surface area contributed by atoms with E-state index >= 15 is 0 Å². The average molecular weight is 337 g/mol. The maximum Gasteiger partial charge on any atom is 0.239 e. The smallest absolute Gasteiger partial charge is 0.239 e. The van der Waals surface area contributed by atoms with Crippen LogP contribution >= 0.6 is 0 Å². The zero-order valence-electron chi connectivity index (χ0n) is 14.3. The maximum absolute atomic E-state index is 12.0. The second-order valence-corrected chi connectivity index (χ2v) is 6.36. The Hall–Kier alpha value is -2.82. The summed E-state index contributed by atoms with van der Waals surface area (Å²) in [7, 11) is 0. The quantitative estimate of drug-likeness (QED) is 0.727. The molecule has 3 rings (SSSR count). The van der Waals surface area contributed by atoms with Gasteiger partial charge in [-0.05, 0) is 43.0 Å². The average Bonchev–Trinajstić information content (AvgIpc) is 3.47. The van der Waals surface area contributed by atoms with Gasteiger partial charge in [0.1, 0.15) is 0 Å². The van der Waals surface area contributed by atoms with Crippen molar-refractivity contribution in [2.75, 3.05) is 17.2 Å². The van der Waals surface area contributed by atoms with Crippen LogP contribution in [0, 0.1) is 12.8 Å². The van der Waals surface area contributed by atoms with Crippen molar-refractivity contribution in [2.24, 2.45) is 5.92 Å². The Morgan fingerprint density at radius 1 is 1.00 bits per heavy atom. The van der Waals surface area contributed by atoms with E-state index in [2.05, 4.69) is 16.0 Å². The molecule has 0 unspecified atom stereocenters. The van der Waals surface area contributed by atoms with E-state index in [1.807, 2.05) is 55.5 Å². The molecule has 1 fully saturated rings. The second-order valence-electron chi connectivity index (χ2n) is 6.36. The molecule has 2 aromatic carbocycles. The number of rotatable bonds is 7. The van der Waals surface area contributed by atoms with Crippen LogP contribution in [0.3, 0.4) is 0 Å². The minimum absolute atomic E-state index is 0.0735. The van der Waals surface area contributed by atoms with Crippen LogP contribution in [0.5, 0.6) is 0 Å². The van der Waals surface area contributed by atoms with Crippen molar-refractivity contribution < 1.29 is 9.59 Å². The predicted molar refractivity (Wildman–Crippen MR) is 99.3 cm³/mol. The predicted octanol–water partition coefficient (Wildman–Crippen LogP) is 3.07. The number of anilines is 2. The Kier molecular flexibility index (Phi) is 5.33. The van der Waals surface area contributed by atoms with Gasteiger partial charge in [0.05, 0.1) is 6.54 Å². The number of hydrogen-bond donors (Lipinski definition) is 3. The standard InChI is InChI=1S/C20H23N3O2/c1-14-17(8-5-9-18(14)23-20(25)16-10-11-16)21-13-19(24)22-12-15-6-3-2-4-7-15/h2-9,16,21H,10-13H2,1H3,(H,22,24)(H,23,25). The van der Waals surface area contributed by atoms with Gasteiger partial charge in [0, 0.05) is 23.8 Å². The highest BCUT2D eigenvalue weighted by atomic mass is 16.2. The van der Waals surface area contributed by atoms with Gasteiger partial charge in [-0.25, -0.2) is 0 Å². The van der Waals surface area contributed by atoms with Crippen molar-refractivity contribution >= 4 is 23.2 Å². The summed E-state index contributed by atoms with van der Waals surface area (Å²) in [5, 5.41) is 9.00. The number of carbonyl (C=O) groups excluding carboxylic acids is 2. The van der Waals surface area contributed by atoms with Gasteiger partial charge in [-0.15, -0.1) is 0 Å². The van der Waals surface area contributed by atoms with Crippen LogP contribution in [0.2, 0.25) is 0 Å². The van der Waals surface area contributed by atoms with Gasteiger partial charge in [0.25, 0.3) is 0 Å². The SMILES string of the molecule is Cc1c(NCC(=O)NCc2ccccc2)cccc1NC(=O)C1CC1. The highest BCUT2D eigenvalue weighted by molar-refractivity contribution is 5.95. The number of hydrogen-bond acceptors (Lipinski definition) is 3. The summed E-state index contributed by atoms with van der Waals surface area (Å²) < 4.78 is 0. The van der Waals surface area contributed by atoms with Crippen LogP contribution in [0.25, 0.3) is 0 Å². The molecule has 25 heavy (non-hydrogen) atoms. The lowest BCUT2D eigenvalue weighted by Crippen LogP contribution is -2.29. The third kappa shape index (κ3) is 4.83. The first-order chi connectivity index (χ1) is 12.1. The molecule has 5 heteroatoms. The summed E-state index contributed by atoms with van der Waals surface area (Å²) in [6.07, 6.45) is 1.95. The van der Waals surface area contributed by atoms with Gasteiger partial charge in [0.15, 0.2) is 0 Å². The van der Waals surface area contributed by atoms with Crippen LogP contribution in [0.15, 0.2) is 48.5 Å². The minimum Gasteiger partial charge on any atom is -0.376 e. The molecule has 1 saturated carbocycles. The lowest BCUT2D eigenvalue weighted by atomic mass is 10.1. The highest BCUT2D eigenvalue weighted by Crippen LogP contribution is 2.31. The first-order valence-corrected chi connectivity index (χ1v) is 8.58.